The monoisotopic (exact) mass is 333 g/mol. The van der Waals surface area contributed by atoms with Gasteiger partial charge in [0.2, 0.25) is 0 Å². The Labute approximate surface area is 149 Å². The molecule has 1 aliphatic heterocycles. The van der Waals surface area contributed by atoms with Gasteiger partial charge in [0, 0.05) is 28.6 Å². The lowest BCUT2D eigenvalue weighted by Gasteiger charge is -2.30. The number of unbranched alkanes of at least 4 members (excludes halogenated alkanes) is 1. The maximum absolute atomic E-state index is 13.0. The number of hydrogen-bond acceptors (Lipinski definition) is 2. The van der Waals surface area contributed by atoms with Crippen LogP contribution in [0.15, 0.2) is 30.3 Å². The van der Waals surface area contributed by atoms with E-state index in [2.05, 4.69) is 19.8 Å². The van der Waals surface area contributed by atoms with Gasteiger partial charge >= 0.3 is 0 Å². The molecule has 0 aliphatic carbocycles. The van der Waals surface area contributed by atoms with Crippen LogP contribution in [0.1, 0.15) is 65.8 Å². The normalized spacial score (nSPS) is 14.7. The van der Waals surface area contributed by atoms with E-state index in [0.29, 0.717) is 34.5 Å². The lowest BCUT2D eigenvalue weighted by Crippen LogP contribution is -2.43. The molecule has 0 spiro atoms. The molecule has 2 amide bonds. The predicted octanol–water partition coefficient (Wildman–Crippen LogP) is 4.63. The quantitative estimate of drug-likeness (QED) is 0.571. The minimum Gasteiger partial charge on any atom is -0.274 e. The Bertz CT molecular complexity index is 853. The molecule has 0 saturated carbocycles. The summed E-state index contributed by atoms with van der Waals surface area (Å²) in [5.74, 6) is 2.58. The number of hydrogen-bond donors (Lipinski definition) is 0. The number of imide groups is 1. The van der Waals surface area contributed by atoms with Gasteiger partial charge in [-0.15, -0.1) is 6.42 Å². The van der Waals surface area contributed by atoms with Crippen molar-refractivity contribution in [3.05, 3.63) is 47.0 Å². The maximum atomic E-state index is 13.0. The maximum Gasteiger partial charge on any atom is 0.261 e. The lowest BCUT2D eigenvalue weighted by atomic mass is 9.90. The third-order valence-corrected chi connectivity index (χ3v) is 5.13. The molecule has 3 rings (SSSR count). The van der Waals surface area contributed by atoms with Crippen LogP contribution in [0.4, 0.5) is 0 Å². The average molecular weight is 333 g/mol. The summed E-state index contributed by atoms with van der Waals surface area (Å²) < 4.78 is 0. The predicted molar refractivity (Wildman–Crippen MR) is 101 cm³/mol. The van der Waals surface area contributed by atoms with Crippen molar-refractivity contribution in [1.82, 2.24) is 4.90 Å². The highest BCUT2D eigenvalue weighted by atomic mass is 16.2. The molecule has 0 saturated heterocycles. The van der Waals surface area contributed by atoms with Gasteiger partial charge in [0.25, 0.3) is 11.8 Å². The van der Waals surface area contributed by atoms with E-state index in [0.717, 1.165) is 31.1 Å². The molecule has 1 atom stereocenters. The first-order valence-electron chi connectivity index (χ1n) is 9.00. The van der Waals surface area contributed by atoms with Gasteiger partial charge in [-0.05, 0) is 35.9 Å². The Kier molecular flexibility index (Phi) is 4.90. The molecule has 0 bridgehead atoms. The summed E-state index contributed by atoms with van der Waals surface area (Å²) in [5.41, 5.74) is 1.87. The first-order chi connectivity index (χ1) is 12.1. The van der Waals surface area contributed by atoms with Gasteiger partial charge in [0.05, 0.1) is 0 Å². The molecule has 128 valence electrons. The van der Waals surface area contributed by atoms with Crippen LogP contribution in [0.25, 0.3) is 10.8 Å². The lowest BCUT2D eigenvalue weighted by molar-refractivity contribution is 0.0580. The van der Waals surface area contributed by atoms with Crippen molar-refractivity contribution in [2.75, 3.05) is 6.54 Å². The van der Waals surface area contributed by atoms with Crippen molar-refractivity contribution in [3.8, 4) is 12.3 Å². The van der Waals surface area contributed by atoms with Crippen LogP contribution in [0.3, 0.4) is 0 Å². The summed E-state index contributed by atoms with van der Waals surface area (Å²) >= 11 is 0. The van der Waals surface area contributed by atoms with E-state index in [1.807, 2.05) is 12.1 Å². The van der Waals surface area contributed by atoms with Crippen molar-refractivity contribution < 1.29 is 9.59 Å². The zero-order chi connectivity index (χ0) is 18.0. The molecular weight excluding hydrogens is 310 g/mol. The van der Waals surface area contributed by atoms with Crippen LogP contribution in [-0.4, -0.2) is 23.3 Å². The van der Waals surface area contributed by atoms with E-state index in [-0.39, 0.29) is 11.8 Å². The molecule has 2 aromatic carbocycles. The molecule has 3 nitrogen and oxygen atoms in total. The first kappa shape index (κ1) is 17.2. The molecule has 0 N–H and O–H groups in total. The van der Waals surface area contributed by atoms with Gasteiger partial charge in [0.15, 0.2) is 0 Å². The van der Waals surface area contributed by atoms with Crippen molar-refractivity contribution in [2.45, 2.75) is 39.5 Å². The zero-order valence-corrected chi connectivity index (χ0v) is 14.8. The smallest absolute Gasteiger partial charge is 0.261 e. The van der Waals surface area contributed by atoms with Crippen LogP contribution in [0.2, 0.25) is 0 Å². The van der Waals surface area contributed by atoms with Crippen LogP contribution in [0.5, 0.6) is 0 Å². The molecule has 3 heteroatoms. The van der Waals surface area contributed by atoms with E-state index < -0.39 is 0 Å². The van der Waals surface area contributed by atoms with Crippen LogP contribution in [-0.2, 0) is 0 Å². The number of rotatable bonds is 6. The summed E-state index contributed by atoms with van der Waals surface area (Å²) in [6, 6.07) is 9.06. The summed E-state index contributed by atoms with van der Waals surface area (Å²) in [5, 5.41) is 1.50. The standard InChI is InChI=1S/C22H23NO2/c1-4-7-9-15(5-2)14-23-21(24)18-11-8-10-17-16(6-3)12-13-19(20(17)18)22(23)25/h3,8,10-13,15H,4-5,7,9,14H2,1-2H3. The largest absolute Gasteiger partial charge is 0.274 e. The van der Waals surface area contributed by atoms with Gasteiger partial charge in [-0.2, -0.15) is 0 Å². The van der Waals surface area contributed by atoms with Crippen molar-refractivity contribution in [1.29, 1.82) is 0 Å². The average Bonchev–Trinajstić information content (AvgIpc) is 2.65. The molecule has 1 unspecified atom stereocenters. The Morgan fingerprint density at radius 1 is 1.08 bits per heavy atom. The molecule has 1 heterocycles. The van der Waals surface area contributed by atoms with E-state index in [9.17, 15) is 9.59 Å². The second-order valence-corrected chi connectivity index (χ2v) is 6.67. The number of nitrogens with zero attached hydrogens (tertiary/aromatic N) is 1. The number of benzene rings is 2. The van der Waals surface area contributed by atoms with E-state index >= 15 is 0 Å². The fraction of sp³-hybridized carbons (Fsp3) is 0.364. The molecule has 1 aliphatic rings. The number of carbonyl (C=O) groups is 2. The fourth-order valence-corrected chi connectivity index (χ4v) is 3.61. The number of amides is 2. The van der Waals surface area contributed by atoms with Crippen LogP contribution < -0.4 is 0 Å². The molecule has 0 aromatic heterocycles. The fourth-order valence-electron chi connectivity index (χ4n) is 3.61. The Balaban J connectivity index is 2.04. The Hall–Kier alpha value is -2.60. The highest BCUT2D eigenvalue weighted by Gasteiger charge is 2.34. The third kappa shape index (κ3) is 2.93. The Morgan fingerprint density at radius 3 is 2.44 bits per heavy atom. The second-order valence-electron chi connectivity index (χ2n) is 6.67. The second kappa shape index (κ2) is 7.11. The van der Waals surface area contributed by atoms with Crippen molar-refractivity contribution in [3.63, 3.8) is 0 Å². The first-order valence-corrected chi connectivity index (χ1v) is 9.00. The minimum absolute atomic E-state index is 0.202. The minimum atomic E-state index is -0.202. The van der Waals surface area contributed by atoms with Crippen LogP contribution >= 0.6 is 0 Å². The van der Waals surface area contributed by atoms with E-state index in [1.54, 1.807) is 18.2 Å². The topological polar surface area (TPSA) is 37.4 Å². The number of carbonyl (C=O) groups excluding carboxylic acids is 2. The summed E-state index contributed by atoms with van der Waals surface area (Å²) in [6.07, 6.45) is 9.81. The highest BCUT2D eigenvalue weighted by molar-refractivity contribution is 6.26. The van der Waals surface area contributed by atoms with Crippen molar-refractivity contribution >= 4 is 22.6 Å². The van der Waals surface area contributed by atoms with Gasteiger partial charge in [-0.3, -0.25) is 14.5 Å². The zero-order valence-electron chi connectivity index (χ0n) is 14.8. The molecule has 2 aromatic rings. The summed E-state index contributed by atoms with van der Waals surface area (Å²) in [4.78, 5) is 27.4. The highest BCUT2D eigenvalue weighted by Crippen LogP contribution is 2.32. The van der Waals surface area contributed by atoms with Crippen LogP contribution in [0, 0.1) is 18.3 Å². The van der Waals surface area contributed by atoms with Gasteiger partial charge in [-0.25, -0.2) is 0 Å². The third-order valence-electron chi connectivity index (χ3n) is 5.13. The molecule has 25 heavy (non-hydrogen) atoms. The van der Waals surface area contributed by atoms with Gasteiger partial charge in [0.1, 0.15) is 0 Å². The summed E-state index contributed by atoms with van der Waals surface area (Å²) in [7, 11) is 0. The van der Waals surface area contributed by atoms with E-state index in [1.165, 1.54) is 4.90 Å². The summed E-state index contributed by atoms with van der Waals surface area (Å²) in [6.45, 7) is 4.76. The van der Waals surface area contributed by atoms with Crippen molar-refractivity contribution in [2.24, 2.45) is 5.92 Å². The number of terminal acetylenes is 1. The van der Waals surface area contributed by atoms with E-state index in [4.69, 9.17) is 6.42 Å². The SMILES string of the molecule is C#Cc1ccc2c3c(cccc13)C(=O)N(CC(CC)CCCC)C2=O. The van der Waals surface area contributed by atoms with Gasteiger partial charge < -0.3 is 0 Å². The molecular formula is C22H23NO2. The van der Waals surface area contributed by atoms with Gasteiger partial charge in [-0.1, -0.05) is 51.2 Å². The Morgan fingerprint density at radius 2 is 1.80 bits per heavy atom. The molecule has 0 fully saturated rings. The molecule has 0 radical (unpaired) electrons.